The first-order valence-corrected chi connectivity index (χ1v) is 9.03. The average molecular weight is 318 g/mol. The van der Waals surface area contributed by atoms with E-state index in [4.69, 9.17) is 5.11 Å². The van der Waals surface area contributed by atoms with Crippen LogP contribution >= 0.6 is 11.8 Å². The third kappa shape index (κ3) is 5.48. The number of pyridine rings is 1. The first kappa shape index (κ1) is 16.9. The van der Waals surface area contributed by atoms with Crippen LogP contribution in [0.4, 0.5) is 0 Å². The lowest BCUT2D eigenvalue weighted by Crippen LogP contribution is -2.25. The highest BCUT2D eigenvalue weighted by atomic mass is 32.2. The molecule has 0 atom stereocenters. The smallest absolute Gasteiger partial charge is 0.337 e. The van der Waals surface area contributed by atoms with Crippen LogP contribution in [0.3, 0.4) is 0 Å². The van der Waals surface area contributed by atoms with Crippen LogP contribution in [-0.2, 0) is 10.0 Å². The molecular weight excluding hydrogens is 300 g/mol. The molecule has 1 aromatic heterocycles. The fraction of sp³-hybridized carbons (Fsp3) is 0.500. The van der Waals surface area contributed by atoms with Crippen molar-refractivity contribution in [2.45, 2.75) is 24.3 Å². The molecule has 0 spiro atoms. The van der Waals surface area contributed by atoms with Crippen molar-refractivity contribution in [2.75, 3.05) is 18.6 Å². The number of aromatic carboxylic acids is 1. The minimum Gasteiger partial charge on any atom is -0.478 e. The van der Waals surface area contributed by atoms with Gasteiger partial charge in [-0.2, -0.15) is 11.8 Å². The normalized spacial score (nSPS) is 11.4. The van der Waals surface area contributed by atoms with Gasteiger partial charge in [0.25, 0.3) is 10.0 Å². The molecule has 1 aromatic rings. The molecule has 2 N–H and O–H groups in total. The Hall–Kier alpha value is -1.12. The van der Waals surface area contributed by atoms with Crippen molar-refractivity contribution in [1.29, 1.82) is 0 Å². The van der Waals surface area contributed by atoms with Gasteiger partial charge >= 0.3 is 5.97 Å². The molecule has 8 heteroatoms. The number of nitrogens with one attached hydrogen (secondary N) is 1. The van der Waals surface area contributed by atoms with E-state index in [-0.39, 0.29) is 10.6 Å². The third-order valence-corrected chi connectivity index (χ3v) is 4.65. The molecule has 112 valence electrons. The number of hydrogen-bond donors (Lipinski definition) is 2. The van der Waals surface area contributed by atoms with E-state index in [1.54, 1.807) is 11.8 Å². The number of unbranched alkanes of at least 4 members (excludes halogenated alkanes) is 2. The Morgan fingerprint density at radius 3 is 2.65 bits per heavy atom. The van der Waals surface area contributed by atoms with E-state index in [0.29, 0.717) is 6.54 Å². The van der Waals surface area contributed by atoms with E-state index >= 15 is 0 Å². The van der Waals surface area contributed by atoms with Crippen molar-refractivity contribution in [1.82, 2.24) is 9.71 Å². The highest BCUT2D eigenvalue weighted by Gasteiger charge is 2.15. The Morgan fingerprint density at radius 2 is 2.10 bits per heavy atom. The lowest BCUT2D eigenvalue weighted by molar-refractivity contribution is 0.0696. The van der Waals surface area contributed by atoms with Crippen LogP contribution in [0.2, 0.25) is 0 Å². The topological polar surface area (TPSA) is 96.4 Å². The SMILES string of the molecule is CSCCCCCNS(=O)(=O)c1ccc(C(=O)O)cn1. The summed E-state index contributed by atoms with van der Waals surface area (Å²) in [5, 5.41) is 8.56. The summed E-state index contributed by atoms with van der Waals surface area (Å²) in [6, 6.07) is 2.42. The Morgan fingerprint density at radius 1 is 1.35 bits per heavy atom. The summed E-state index contributed by atoms with van der Waals surface area (Å²) in [7, 11) is -3.65. The number of rotatable bonds is 9. The summed E-state index contributed by atoms with van der Waals surface area (Å²) < 4.78 is 26.2. The largest absolute Gasteiger partial charge is 0.478 e. The van der Waals surface area contributed by atoms with Crippen LogP contribution in [-0.4, -0.2) is 43.0 Å². The Labute approximate surface area is 123 Å². The molecule has 0 bridgehead atoms. The Bertz CT molecular complexity index is 529. The second-order valence-corrected chi connectivity index (χ2v) is 6.84. The number of thioether (sulfide) groups is 1. The van der Waals surface area contributed by atoms with Crippen molar-refractivity contribution in [3.63, 3.8) is 0 Å². The summed E-state index contributed by atoms with van der Waals surface area (Å²) >= 11 is 1.77. The molecule has 6 nitrogen and oxygen atoms in total. The first-order valence-electron chi connectivity index (χ1n) is 6.15. The van der Waals surface area contributed by atoms with Gasteiger partial charge in [0.05, 0.1) is 5.56 Å². The second kappa shape index (κ2) is 8.23. The van der Waals surface area contributed by atoms with Gasteiger partial charge in [0.15, 0.2) is 5.03 Å². The zero-order valence-electron chi connectivity index (χ0n) is 11.2. The quantitative estimate of drug-likeness (QED) is 0.671. The molecule has 20 heavy (non-hydrogen) atoms. The second-order valence-electron chi connectivity index (χ2n) is 4.14. The highest BCUT2D eigenvalue weighted by Crippen LogP contribution is 2.07. The monoisotopic (exact) mass is 318 g/mol. The van der Waals surface area contributed by atoms with E-state index in [0.717, 1.165) is 31.2 Å². The number of carboxylic acids is 1. The molecule has 0 aliphatic rings. The van der Waals surface area contributed by atoms with E-state index in [1.807, 2.05) is 6.26 Å². The van der Waals surface area contributed by atoms with Crippen molar-refractivity contribution < 1.29 is 18.3 Å². The number of nitrogens with zero attached hydrogens (tertiary/aromatic N) is 1. The zero-order valence-corrected chi connectivity index (χ0v) is 12.8. The maximum absolute atomic E-state index is 11.9. The van der Waals surface area contributed by atoms with Crippen molar-refractivity contribution >= 4 is 27.8 Å². The zero-order chi connectivity index (χ0) is 15.0. The summed E-state index contributed by atoms with van der Waals surface area (Å²) in [6.45, 7) is 0.360. The summed E-state index contributed by atoms with van der Waals surface area (Å²) in [5.74, 6) is -0.0616. The first-order chi connectivity index (χ1) is 9.47. The molecule has 0 aromatic carbocycles. The van der Waals surface area contributed by atoms with Gasteiger partial charge in [0.1, 0.15) is 0 Å². The van der Waals surface area contributed by atoms with Crippen LogP contribution in [0.5, 0.6) is 0 Å². The van der Waals surface area contributed by atoms with Crippen LogP contribution < -0.4 is 4.72 Å². The average Bonchev–Trinajstić information content (AvgIpc) is 2.43. The maximum Gasteiger partial charge on any atom is 0.337 e. The van der Waals surface area contributed by atoms with Gasteiger partial charge < -0.3 is 5.11 Å². The summed E-state index contributed by atoms with van der Waals surface area (Å²) in [5.41, 5.74) is -0.0407. The number of carbonyl (C=O) groups is 1. The predicted octanol–water partition coefficient (Wildman–Crippen LogP) is 1.59. The van der Waals surface area contributed by atoms with Gasteiger partial charge in [-0.1, -0.05) is 6.42 Å². The molecule has 0 amide bonds. The van der Waals surface area contributed by atoms with E-state index < -0.39 is 16.0 Å². The molecule has 0 saturated heterocycles. The minimum absolute atomic E-state index is 0.0407. The minimum atomic E-state index is -3.65. The van der Waals surface area contributed by atoms with Gasteiger partial charge in [0.2, 0.25) is 0 Å². The molecule has 1 heterocycles. The van der Waals surface area contributed by atoms with E-state index in [9.17, 15) is 13.2 Å². The Kier molecular flexibility index (Phi) is 6.97. The summed E-state index contributed by atoms with van der Waals surface area (Å²) in [4.78, 5) is 14.3. The number of hydrogen-bond acceptors (Lipinski definition) is 5. The van der Waals surface area contributed by atoms with Crippen LogP contribution in [0.15, 0.2) is 23.4 Å². The van der Waals surface area contributed by atoms with Crippen LogP contribution in [0.25, 0.3) is 0 Å². The number of carboxylic acid groups (broad SMARTS) is 1. The predicted molar refractivity (Wildman–Crippen MR) is 78.6 cm³/mol. The highest BCUT2D eigenvalue weighted by molar-refractivity contribution is 7.98. The van der Waals surface area contributed by atoms with Gasteiger partial charge in [0, 0.05) is 12.7 Å². The lowest BCUT2D eigenvalue weighted by atomic mass is 10.2. The molecular formula is C12H18N2O4S2. The molecule has 0 aliphatic carbocycles. The van der Waals surface area contributed by atoms with Gasteiger partial charge in [-0.15, -0.1) is 0 Å². The molecule has 0 fully saturated rings. The van der Waals surface area contributed by atoms with Crippen molar-refractivity contribution in [3.05, 3.63) is 23.9 Å². The van der Waals surface area contributed by atoms with Gasteiger partial charge in [-0.3, -0.25) is 0 Å². The Balaban J connectivity index is 2.49. The molecule has 1 rings (SSSR count). The van der Waals surface area contributed by atoms with Crippen LogP contribution in [0.1, 0.15) is 29.6 Å². The van der Waals surface area contributed by atoms with E-state index in [1.165, 1.54) is 12.1 Å². The fourth-order valence-electron chi connectivity index (χ4n) is 1.49. The van der Waals surface area contributed by atoms with E-state index in [2.05, 4.69) is 9.71 Å². The van der Waals surface area contributed by atoms with Crippen molar-refractivity contribution in [2.24, 2.45) is 0 Å². The molecule has 0 unspecified atom stereocenters. The molecule has 0 aliphatic heterocycles. The van der Waals surface area contributed by atoms with Crippen LogP contribution in [0, 0.1) is 0 Å². The standard InChI is InChI=1S/C12H18N2O4S2/c1-19-8-4-2-3-7-14-20(17,18)11-6-5-10(9-13-11)12(15)16/h5-6,9,14H,2-4,7-8H2,1H3,(H,15,16). The fourth-order valence-corrected chi connectivity index (χ4v) is 2.99. The van der Waals surface area contributed by atoms with Gasteiger partial charge in [-0.25, -0.2) is 22.9 Å². The van der Waals surface area contributed by atoms with Crippen molar-refractivity contribution in [3.8, 4) is 0 Å². The summed E-state index contributed by atoms with van der Waals surface area (Å²) in [6.07, 6.45) is 5.88. The lowest BCUT2D eigenvalue weighted by Gasteiger charge is -2.06. The molecule has 0 saturated carbocycles. The molecule has 0 radical (unpaired) electrons. The number of sulfonamides is 1. The van der Waals surface area contributed by atoms with Gasteiger partial charge in [-0.05, 0) is 37.0 Å². The third-order valence-electron chi connectivity index (χ3n) is 2.58. The number of aromatic nitrogens is 1. The maximum atomic E-state index is 11.9.